The second-order valence-electron chi connectivity index (χ2n) is 4.83. The molecule has 5 heteroatoms. The minimum atomic E-state index is -0.827. The zero-order valence-corrected chi connectivity index (χ0v) is 13.4. The molecular weight excluding hydrogens is 284 g/mol. The standard InChI is InChI=1S/C16H20N2O2S/c1-4-12-7-6-8-13(5-2)15(12)18-11(3)9-17-16(18)21-10-14(19)20/h6-9H,4-5,10H2,1-3H3,(H,19,20). The van der Waals surface area contributed by atoms with Gasteiger partial charge in [0, 0.05) is 11.9 Å². The molecule has 112 valence electrons. The van der Waals surface area contributed by atoms with E-state index < -0.39 is 5.97 Å². The molecule has 0 fully saturated rings. The third kappa shape index (κ3) is 3.29. The summed E-state index contributed by atoms with van der Waals surface area (Å²) in [6.45, 7) is 6.27. The van der Waals surface area contributed by atoms with E-state index in [0.717, 1.165) is 29.4 Å². The Balaban J connectivity index is 2.56. The number of rotatable bonds is 6. The highest BCUT2D eigenvalue weighted by molar-refractivity contribution is 7.99. The van der Waals surface area contributed by atoms with Crippen molar-refractivity contribution >= 4 is 17.7 Å². The van der Waals surface area contributed by atoms with E-state index in [1.807, 2.05) is 6.92 Å². The number of carbonyl (C=O) groups is 1. The Bertz CT molecular complexity index is 627. The Morgan fingerprint density at radius 1 is 1.29 bits per heavy atom. The second-order valence-corrected chi connectivity index (χ2v) is 5.77. The monoisotopic (exact) mass is 304 g/mol. The number of aliphatic carboxylic acids is 1. The number of carboxylic acid groups (broad SMARTS) is 1. The van der Waals surface area contributed by atoms with Crippen LogP contribution in [0.25, 0.3) is 5.69 Å². The molecule has 0 saturated carbocycles. The van der Waals surface area contributed by atoms with Crippen LogP contribution in [0.5, 0.6) is 0 Å². The number of imidazole rings is 1. The lowest BCUT2D eigenvalue weighted by Crippen LogP contribution is -2.08. The van der Waals surface area contributed by atoms with E-state index in [9.17, 15) is 4.79 Å². The van der Waals surface area contributed by atoms with Crippen LogP contribution in [-0.4, -0.2) is 26.4 Å². The Morgan fingerprint density at radius 2 is 1.90 bits per heavy atom. The molecule has 0 atom stereocenters. The first kappa shape index (κ1) is 15.6. The number of hydrogen-bond acceptors (Lipinski definition) is 3. The first-order chi connectivity index (χ1) is 10.1. The van der Waals surface area contributed by atoms with Crippen LogP contribution >= 0.6 is 11.8 Å². The maximum Gasteiger partial charge on any atom is 0.313 e. The predicted octanol–water partition coefficient (Wildman–Crippen LogP) is 3.48. The van der Waals surface area contributed by atoms with Gasteiger partial charge in [0.05, 0.1) is 11.4 Å². The smallest absolute Gasteiger partial charge is 0.313 e. The average Bonchev–Trinajstić information content (AvgIpc) is 2.84. The van der Waals surface area contributed by atoms with Crippen LogP contribution in [0, 0.1) is 6.92 Å². The number of benzene rings is 1. The summed E-state index contributed by atoms with van der Waals surface area (Å²) >= 11 is 1.26. The van der Waals surface area contributed by atoms with E-state index in [1.54, 1.807) is 6.20 Å². The molecule has 0 aliphatic rings. The lowest BCUT2D eigenvalue weighted by Gasteiger charge is -2.17. The Labute approximate surface area is 129 Å². The van der Waals surface area contributed by atoms with Gasteiger partial charge in [-0.3, -0.25) is 9.36 Å². The van der Waals surface area contributed by atoms with Crippen LogP contribution in [0.1, 0.15) is 30.7 Å². The average molecular weight is 304 g/mol. The molecule has 0 saturated heterocycles. The lowest BCUT2D eigenvalue weighted by molar-refractivity contribution is -0.133. The van der Waals surface area contributed by atoms with Crippen molar-refractivity contribution in [2.75, 3.05) is 5.75 Å². The van der Waals surface area contributed by atoms with Gasteiger partial charge in [-0.05, 0) is 30.9 Å². The quantitative estimate of drug-likeness (QED) is 0.830. The van der Waals surface area contributed by atoms with E-state index >= 15 is 0 Å². The van der Waals surface area contributed by atoms with E-state index in [-0.39, 0.29) is 5.75 Å². The van der Waals surface area contributed by atoms with Crippen molar-refractivity contribution in [1.29, 1.82) is 0 Å². The topological polar surface area (TPSA) is 55.1 Å². The van der Waals surface area contributed by atoms with Crippen LogP contribution in [-0.2, 0) is 17.6 Å². The van der Waals surface area contributed by atoms with Gasteiger partial charge >= 0.3 is 5.97 Å². The van der Waals surface area contributed by atoms with Crippen molar-refractivity contribution in [2.24, 2.45) is 0 Å². The Hall–Kier alpha value is -1.75. The molecule has 0 spiro atoms. The molecule has 0 amide bonds. The van der Waals surface area contributed by atoms with Gasteiger partial charge < -0.3 is 5.11 Å². The van der Waals surface area contributed by atoms with Gasteiger partial charge in [0.15, 0.2) is 5.16 Å². The zero-order chi connectivity index (χ0) is 15.4. The molecule has 0 aliphatic heterocycles. The Kier molecular flexibility index (Phi) is 5.07. The van der Waals surface area contributed by atoms with Gasteiger partial charge in [-0.15, -0.1) is 0 Å². The fourth-order valence-corrected chi connectivity index (χ4v) is 3.16. The summed E-state index contributed by atoms with van der Waals surface area (Å²) in [6.07, 6.45) is 3.67. The molecule has 2 rings (SSSR count). The van der Waals surface area contributed by atoms with Crippen molar-refractivity contribution in [2.45, 2.75) is 38.8 Å². The maximum absolute atomic E-state index is 10.8. The summed E-state index contributed by atoms with van der Waals surface area (Å²) in [4.78, 5) is 15.2. The van der Waals surface area contributed by atoms with Crippen molar-refractivity contribution < 1.29 is 9.90 Å². The molecule has 1 aromatic heterocycles. The highest BCUT2D eigenvalue weighted by Crippen LogP contribution is 2.28. The van der Waals surface area contributed by atoms with Crippen LogP contribution in [0.15, 0.2) is 29.6 Å². The predicted molar refractivity (Wildman–Crippen MR) is 85.4 cm³/mol. The largest absolute Gasteiger partial charge is 0.481 e. The summed E-state index contributed by atoms with van der Waals surface area (Å²) in [6, 6.07) is 6.33. The summed E-state index contributed by atoms with van der Waals surface area (Å²) in [5.74, 6) is -0.807. The minimum absolute atomic E-state index is 0.0200. The van der Waals surface area contributed by atoms with Crippen LogP contribution < -0.4 is 0 Å². The van der Waals surface area contributed by atoms with E-state index in [0.29, 0.717) is 0 Å². The lowest BCUT2D eigenvalue weighted by atomic mass is 10.0. The number of para-hydroxylation sites is 1. The number of aryl methyl sites for hydroxylation is 3. The molecule has 1 heterocycles. The van der Waals surface area contributed by atoms with Gasteiger partial charge in [0.1, 0.15) is 0 Å². The van der Waals surface area contributed by atoms with Gasteiger partial charge in [-0.2, -0.15) is 0 Å². The second kappa shape index (κ2) is 6.80. The number of carboxylic acids is 1. The molecular formula is C16H20N2O2S. The highest BCUT2D eigenvalue weighted by Gasteiger charge is 2.16. The van der Waals surface area contributed by atoms with E-state index in [2.05, 4.69) is 41.6 Å². The molecule has 4 nitrogen and oxygen atoms in total. The van der Waals surface area contributed by atoms with Crippen molar-refractivity contribution in [1.82, 2.24) is 9.55 Å². The van der Waals surface area contributed by atoms with Crippen molar-refractivity contribution in [3.05, 3.63) is 41.2 Å². The number of aromatic nitrogens is 2. The van der Waals surface area contributed by atoms with Gasteiger partial charge in [-0.1, -0.05) is 43.8 Å². The van der Waals surface area contributed by atoms with Crippen molar-refractivity contribution in [3.63, 3.8) is 0 Å². The minimum Gasteiger partial charge on any atom is -0.481 e. The van der Waals surface area contributed by atoms with Gasteiger partial charge in [0.25, 0.3) is 0 Å². The molecule has 1 N–H and O–H groups in total. The SMILES string of the molecule is CCc1cccc(CC)c1-n1c(C)cnc1SCC(=O)O. The van der Waals surface area contributed by atoms with E-state index in [1.165, 1.54) is 22.9 Å². The summed E-state index contributed by atoms with van der Waals surface area (Å²) in [5.41, 5.74) is 4.70. The first-order valence-electron chi connectivity index (χ1n) is 7.08. The zero-order valence-electron chi connectivity index (χ0n) is 12.6. The molecule has 0 radical (unpaired) electrons. The fraction of sp³-hybridized carbons (Fsp3) is 0.375. The molecule has 2 aromatic rings. The summed E-state index contributed by atoms with van der Waals surface area (Å²) in [7, 11) is 0. The maximum atomic E-state index is 10.8. The molecule has 21 heavy (non-hydrogen) atoms. The number of nitrogens with zero attached hydrogens (tertiary/aromatic N) is 2. The number of hydrogen-bond donors (Lipinski definition) is 1. The highest BCUT2D eigenvalue weighted by atomic mass is 32.2. The molecule has 0 unspecified atom stereocenters. The Morgan fingerprint density at radius 3 is 2.43 bits per heavy atom. The van der Waals surface area contributed by atoms with Gasteiger partial charge in [0.2, 0.25) is 0 Å². The van der Waals surface area contributed by atoms with E-state index in [4.69, 9.17) is 5.11 Å². The first-order valence-corrected chi connectivity index (χ1v) is 8.07. The normalized spacial score (nSPS) is 10.8. The van der Waals surface area contributed by atoms with Crippen LogP contribution in [0.3, 0.4) is 0 Å². The third-order valence-corrected chi connectivity index (χ3v) is 4.36. The fourth-order valence-electron chi connectivity index (χ4n) is 2.42. The third-order valence-electron chi connectivity index (χ3n) is 3.42. The van der Waals surface area contributed by atoms with Crippen LogP contribution in [0.4, 0.5) is 0 Å². The molecule has 0 bridgehead atoms. The molecule has 0 aliphatic carbocycles. The van der Waals surface area contributed by atoms with Crippen LogP contribution in [0.2, 0.25) is 0 Å². The summed E-state index contributed by atoms with van der Waals surface area (Å²) < 4.78 is 2.09. The van der Waals surface area contributed by atoms with Gasteiger partial charge in [-0.25, -0.2) is 4.98 Å². The van der Waals surface area contributed by atoms with Crippen molar-refractivity contribution in [3.8, 4) is 5.69 Å². The molecule has 1 aromatic carbocycles. The number of thioether (sulfide) groups is 1. The summed E-state index contributed by atoms with van der Waals surface area (Å²) in [5, 5.41) is 9.63.